The van der Waals surface area contributed by atoms with Crippen LogP contribution in [0.1, 0.15) is 35.4 Å². The van der Waals surface area contributed by atoms with Crippen molar-refractivity contribution < 1.29 is 14.3 Å². The predicted molar refractivity (Wildman–Crippen MR) is 108 cm³/mol. The van der Waals surface area contributed by atoms with Gasteiger partial charge in [0, 0.05) is 18.1 Å². The van der Waals surface area contributed by atoms with Crippen molar-refractivity contribution in [2.24, 2.45) is 0 Å². The lowest BCUT2D eigenvalue weighted by Crippen LogP contribution is -2.46. The number of benzene rings is 1. The number of amides is 2. The molecule has 144 valence electrons. The van der Waals surface area contributed by atoms with Gasteiger partial charge < -0.3 is 15.0 Å². The van der Waals surface area contributed by atoms with Crippen LogP contribution in [0.15, 0.2) is 41.8 Å². The number of unbranched alkanes of at least 4 members (excludes halogenated alkanes) is 1. The first-order valence-electron chi connectivity index (χ1n) is 9.16. The molecule has 1 saturated heterocycles. The third kappa shape index (κ3) is 5.47. The van der Waals surface area contributed by atoms with Gasteiger partial charge in [0.05, 0.1) is 11.5 Å². The fourth-order valence-corrected chi connectivity index (χ4v) is 3.91. The molecule has 7 heteroatoms. The lowest BCUT2D eigenvalue weighted by atomic mass is 10.2. The van der Waals surface area contributed by atoms with Crippen molar-refractivity contribution in [2.45, 2.75) is 31.7 Å². The van der Waals surface area contributed by atoms with Gasteiger partial charge >= 0.3 is 0 Å². The van der Waals surface area contributed by atoms with Crippen molar-refractivity contribution in [3.05, 3.63) is 51.7 Å². The van der Waals surface area contributed by atoms with Crippen LogP contribution in [0.2, 0.25) is 5.02 Å². The molecule has 27 heavy (non-hydrogen) atoms. The van der Waals surface area contributed by atoms with E-state index in [1.165, 1.54) is 11.3 Å². The van der Waals surface area contributed by atoms with E-state index < -0.39 is 0 Å². The Morgan fingerprint density at radius 3 is 2.78 bits per heavy atom. The van der Waals surface area contributed by atoms with E-state index in [0.717, 1.165) is 31.4 Å². The molecular weight excluding hydrogens is 384 g/mol. The number of halogens is 1. The zero-order chi connectivity index (χ0) is 19.1. The summed E-state index contributed by atoms with van der Waals surface area (Å²) in [5.41, 5.74) is 0. The number of nitrogens with one attached hydrogen (secondary N) is 1. The Bertz CT molecular complexity index is 749. The highest BCUT2D eigenvalue weighted by atomic mass is 35.5. The van der Waals surface area contributed by atoms with Gasteiger partial charge in [0.1, 0.15) is 11.8 Å². The standard InChI is InChI=1S/C20H23ClN2O3S/c21-15-7-9-16(10-8-15)26-13-2-1-11-22-19(24)17-5-3-12-23(17)20(25)18-6-4-14-27-18/h4,6-10,14,17H,1-3,5,11-13H2,(H,22,24)/t17-/m1/s1. The molecule has 2 heterocycles. The molecule has 1 fully saturated rings. The first-order chi connectivity index (χ1) is 13.1. The largest absolute Gasteiger partial charge is 0.494 e. The van der Waals surface area contributed by atoms with Crippen molar-refractivity contribution in [1.82, 2.24) is 10.2 Å². The molecule has 1 atom stereocenters. The van der Waals surface area contributed by atoms with Gasteiger partial charge in [-0.2, -0.15) is 0 Å². The second-order valence-corrected chi connectivity index (χ2v) is 7.82. The molecule has 2 aromatic rings. The third-order valence-electron chi connectivity index (χ3n) is 4.50. The van der Waals surface area contributed by atoms with E-state index in [2.05, 4.69) is 5.32 Å². The molecule has 0 saturated carbocycles. The molecule has 0 aliphatic carbocycles. The summed E-state index contributed by atoms with van der Waals surface area (Å²) in [6.45, 7) is 1.81. The first-order valence-corrected chi connectivity index (χ1v) is 10.4. The van der Waals surface area contributed by atoms with Crippen LogP contribution in [-0.2, 0) is 4.79 Å². The Morgan fingerprint density at radius 1 is 1.22 bits per heavy atom. The van der Waals surface area contributed by atoms with Crippen LogP contribution in [0, 0.1) is 0 Å². The second kappa shape index (κ2) is 9.76. The molecule has 2 amide bonds. The lowest BCUT2D eigenvalue weighted by molar-refractivity contribution is -0.124. The molecule has 0 bridgehead atoms. The zero-order valence-electron chi connectivity index (χ0n) is 15.0. The highest BCUT2D eigenvalue weighted by molar-refractivity contribution is 7.12. The molecule has 3 rings (SSSR count). The molecule has 1 aromatic heterocycles. The minimum Gasteiger partial charge on any atom is -0.494 e. The molecule has 0 spiro atoms. The number of hydrogen-bond donors (Lipinski definition) is 1. The summed E-state index contributed by atoms with van der Waals surface area (Å²) in [5.74, 6) is 0.687. The van der Waals surface area contributed by atoms with Crippen LogP contribution in [0.5, 0.6) is 5.75 Å². The van der Waals surface area contributed by atoms with Gasteiger partial charge in [-0.15, -0.1) is 11.3 Å². The first kappa shape index (κ1) is 19.7. The quantitative estimate of drug-likeness (QED) is 0.674. The van der Waals surface area contributed by atoms with E-state index in [1.807, 2.05) is 23.6 Å². The van der Waals surface area contributed by atoms with Crippen LogP contribution in [0.3, 0.4) is 0 Å². The summed E-state index contributed by atoms with van der Waals surface area (Å²) in [6, 6.07) is 10.6. The molecular formula is C20H23ClN2O3S. The molecule has 0 unspecified atom stereocenters. The van der Waals surface area contributed by atoms with E-state index in [4.69, 9.17) is 16.3 Å². The van der Waals surface area contributed by atoms with Gasteiger partial charge in [-0.3, -0.25) is 9.59 Å². The summed E-state index contributed by atoms with van der Waals surface area (Å²) >= 11 is 7.25. The number of carbonyl (C=O) groups is 2. The molecule has 1 aromatic carbocycles. The van der Waals surface area contributed by atoms with Gasteiger partial charge in [0.15, 0.2) is 0 Å². The maximum absolute atomic E-state index is 12.5. The summed E-state index contributed by atoms with van der Waals surface area (Å²) in [6.07, 6.45) is 3.25. The summed E-state index contributed by atoms with van der Waals surface area (Å²) in [7, 11) is 0. The summed E-state index contributed by atoms with van der Waals surface area (Å²) in [4.78, 5) is 27.4. The van der Waals surface area contributed by atoms with Crippen molar-refractivity contribution >= 4 is 34.8 Å². The monoisotopic (exact) mass is 406 g/mol. The summed E-state index contributed by atoms with van der Waals surface area (Å²) < 4.78 is 5.63. The fourth-order valence-electron chi connectivity index (χ4n) is 3.10. The molecule has 1 aliphatic heterocycles. The Balaban J connectivity index is 1.36. The van der Waals surface area contributed by atoms with Gasteiger partial charge in [-0.25, -0.2) is 0 Å². The molecule has 1 N–H and O–H groups in total. The Kier molecular flexibility index (Phi) is 7.12. The number of rotatable bonds is 8. The topological polar surface area (TPSA) is 58.6 Å². The Labute approximate surface area is 168 Å². The predicted octanol–water partition coefficient (Wildman–Crippen LogP) is 3.98. The van der Waals surface area contributed by atoms with E-state index in [-0.39, 0.29) is 17.9 Å². The highest BCUT2D eigenvalue weighted by Crippen LogP contribution is 2.22. The van der Waals surface area contributed by atoms with Crippen molar-refractivity contribution in [3.8, 4) is 5.75 Å². The molecule has 1 aliphatic rings. The Hall–Kier alpha value is -2.05. The van der Waals surface area contributed by atoms with E-state index in [9.17, 15) is 9.59 Å². The van der Waals surface area contributed by atoms with Gasteiger partial charge in [0.25, 0.3) is 5.91 Å². The van der Waals surface area contributed by atoms with Gasteiger partial charge in [0.2, 0.25) is 5.91 Å². The smallest absolute Gasteiger partial charge is 0.264 e. The minimum absolute atomic E-state index is 0.0426. The highest BCUT2D eigenvalue weighted by Gasteiger charge is 2.34. The van der Waals surface area contributed by atoms with Crippen molar-refractivity contribution in [1.29, 1.82) is 0 Å². The third-order valence-corrected chi connectivity index (χ3v) is 5.61. The number of nitrogens with zero attached hydrogens (tertiary/aromatic N) is 1. The average molecular weight is 407 g/mol. The van der Waals surface area contributed by atoms with E-state index in [0.29, 0.717) is 29.6 Å². The lowest BCUT2D eigenvalue weighted by Gasteiger charge is -2.23. The van der Waals surface area contributed by atoms with Crippen molar-refractivity contribution in [3.63, 3.8) is 0 Å². The number of likely N-dealkylation sites (tertiary alicyclic amines) is 1. The van der Waals surface area contributed by atoms with Crippen LogP contribution < -0.4 is 10.1 Å². The zero-order valence-corrected chi connectivity index (χ0v) is 16.6. The fraction of sp³-hybridized carbons (Fsp3) is 0.400. The normalized spacial score (nSPS) is 16.3. The van der Waals surface area contributed by atoms with Crippen LogP contribution in [-0.4, -0.2) is 42.5 Å². The molecule has 5 nitrogen and oxygen atoms in total. The van der Waals surface area contributed by atoms with Gasteiger partial charge in [-0.1, -0.05) is 17.7 Å². The number of carbonyl (C=O) groups excluding carboxylic acids is 2. The Morgan fingerprint density at radius 2 is 2.04 bits per heavy atom. The number of hydrogen-bond acceptors (Lipinski definition) is 4. The van der Waals surface area contributed by atoms with Crippen LogP contribution >= 0.6 is 22.9 Å². The minimum atomic E-state index is -0.357. The van der Waals surface area contributed by atoms with E-state index in [1.54, 1.807) is 23.1 Å². The van der Waals surface area contributed by atoms with Crippen LogP contribution in [0.25, 0.3) is 0 Å². The average Bonchev–Trinajstić information content (AvgIpc) is 3.37. The summed E-state index contributed by atoms with van der Waals surface area (Å²) in [5, 5.41) is 5.52. The number of ether oxygens (including phenoxy) is 1. The van der Waals surface area contributed by atoms with Crippen LogP contribution in [0.4, 0.5) is 0 Å². The molecule has 0 radical (unpaired) electrons. The van der Waals surface area contributed by atoms with Crippen molar-refractivity contribution in [2.75, 3.05) is 19.7 Å². The second-order valence-electron chi connectivity index (χ2n) is 6.43. The van der Waals surface area contributed by atoms with E-state index >= 15 is 0 Å². The maximum atomic E-state index is 12.5. The SMILES string of the molecule is O=C(NCCCCOc1ccc(Cl)cc1)[C@H]1CCCN1C(=O)c1cccs1. The maximum Gasteiger partial charge on any atom is 0.264 e. The number of thiophene rings is 1. The van der Waals surface area contributed by atoms with Gasteiger partial charge in [-0.05, 0) is 61.4 Å².